The Kier molecular flexibility index (Phi) is 7.03. The van der Waals surface area contributed by atoms with Gasteiger partial charge in [0.1, 0.15) is 40.8 Å². The number of hydrogen-bond acceptors (Lipinski definition) is 11. The second-order valence-corrected chi connectivity index (χ2v) is 7.73. The first-order valence-electron chi connectivity index (χ1n) is 10.6. The maximum atomic E-state index is 13.7. The van der Waals surface area contributed by atoms with Crippen molar-refractivity contribution in [2.45, 2.75) is 24.6 Å². The van der Waals surface area contributed by atoms with Gasteiger partial charge in [0.25, 0.3) is 0 Å². The van der Waals surface area contributed by atoms with Crippen molar-refractivity contribution >= 4 is 11.0 Å². The van der Waals surface area contributed by atoms with Crippen molar-refractivity contribution < 1.29 is 48.2 Å². The average Bonchev–Trinajstić information content (AvgIpc) is 2.88. The second kappa shape index (κ2) is 10.0. The molecule has 0 amide bonds. The fourth-order valence-corrected chi connectivity index (χ4v) is 3.80. The molecule has 1 aliphatic heterocycles. The van der Waals surface area contributed by atoms with Gasteiger partial charge in [0, 0.05) is 17.7 Å². The van der Waals surface area contributed by atoms with Gasteiger partial charge in [0.15, 0.2) is 17.3 Å². The van der Waals surface area contributed by atoms with Crippen LogP contribution >= 0.6 is 0 Å². The Hall–Kier alpha value is -3.51. The summed E-state index contributed by atoms with van der Waals surface area (Å²) >= 11 is 0. The summed E-state index contributed by atoms with van der Waals surface area (Å²) in [5, 5.41) is 30.3. The fourth-order valence-electron chi connectivity index (χ4n) is 3.80. The zero-order chi connectivity index (χ0) is 25.3. The van der Waals surface area contributed by atoms with Crippen LogP contribution in [0, 0.1) is 0 Å². The molecule has 1 aliphatic rings. The van der Waals surface area contributed by atoms with E-state index < -0.39 is 30.0 Å². The third-order valence-corrected chi connectivity index (χ3v) is 5.68. The van der Waals surface area contributed by atoms with Crippen LogP contribution in [0.5, 0.6) is 28.7 Å². The number of fused-ring (bicyclic) bond motifs is 1. The number of rotatable bonds is 7. The van der Waals surface area contributed by atoms with E-state index in [4.69, 9.17) is 32.8 Å². The Balaban J connectivity index is 1.95. The fraction of sp³-hybridized carbons (Fsp3) is 0.375. The highest BCUT2D eigenvalue weighted by molar-refractivity contribution is 5.88. The van der Waals surface area contributed by atoms with Gasteiger partial charge >= 0.3 is 0 Å². The number of aliphatic hydroxyl groups excluding tert-OH is 3. The molecule has 11 heteroatoms. The van der Waals surface area contributed by atoms with Gasteiger partial charge in [-0.3, -0.25) is 4.79 Å². The van der Waals surface area contributed by atoms with E-state index in [-0.39, 0.29) is 34.8 Å². The Bertz CT molecular complexity index is 1270. The summed E-state index contributed by atoms with van der Waals surface area (Å²) in [6, 6.07) is 7.89. The van der Waals surface area contributed by atoms with Gasteiger partial charge in [-0.15, -0.1) is 0 Å². The summed E-state index contributed by atoms with van der Waals surface area (Å²) in [5.41, 5.74) is -0.0693. The van der Waals surface area contributed by atoms with Crippen molar-refractivity contribution in [2.24, 2.45) is 0 Å². The predicted octanol–water partition coefficient (Wildman–Crippen LogP) is 1.31. The van der Waals surface area contributed by atoms with Crippen LogP contribution in [0.25, 0.3) is 22.3 Å². The van der Waals surface area contributed by atoms with Crippen molar-refractivity contribution in [3.8, 4) is 40.1 Å². The maximum Gasteiger partial charge on any atom is 0.239 e. The lowest BCUT2D eigenvalue weighted by atomic mass is 10.1. The normalized spacial score (nSPS) is 22.0. The molecule has 1 saturated heterocycles. The monoisotopic (exact) mass is 490 g/mol. The molecule has 1 aromatic heterocycles. The van der Waals surface area contributed by atoms with Gasteiger partial charge < -0.3 is 48.2 Å². The molecule has 0 saturated carbocycles. The highest BCUT2D eigenvalue weighted by Gasteiger charge is 2.40. The Morgan fingerprint density at radius 1 is 0.857 bits per heavy atom. The van der Waals surface area contributed by atoms with Crippen LogP contribution in [0.15, 0.2) is 39.5 Å². The smallest absolute Gasteiger partial charge is 0.239 e. The van der Waals surface area contributed by atoms with Crippen molar-refractivity contribution in [1.82, 2.24) is 0 Å². The third-order valence-electron chi connectivity index (χ3n) is 5.68. The van der Waals surface area contributed by atoms with Crippen LogP contribution in [0.3, 0.4) is 0 Å². The third kappa shape index (κ3) is 4.46. The Morgan fingerprint density at radius 2 is 1.57 bits per heavy atom. The molecule has 4 rings (SSSR count). The van der Waals surface area contributed by atoms with Gasteiger partial charge in [-0.05, 0) is 18.2 Å². The van der Waals surface area contributed by atoms with E-state index in [2.05, 4.69) is 0 Å². The summed E-state index contributed by atoms with van der Waals surface area (Å²) in [5.74, 6) is 1.09. The van der Waals surface area contributed by atoms with E-state index in [9.17, 15) is 20.1 Å². The summed E-state index contributed by atoms with van der Waals surface area (Å²) < 4.78 is 38.6. The molecule has 188 valence electrons. The second-order valence-electron chi connectivity index (χ2n) is 7.73. The van der Waals surface area contributed by atoms with Crippen LogP contribution in [0.2, 0.25) is 0 Å². The number of ether oxygens (including phenoxy) is 6. The summed E-state index contributed by atoms with van der Waals surface area (Å²) in [7, 11) is 5.81. The average molecular weight is 490 g/mol. The molecule has 2 heterocycles. The molecule has 3 N–H and O–H groups in total. The minimum absolute atomic E-state index is 0.00447. The van der Waals surface area contributed by atoms with Crippen molar-refractivity contribution in [3.05, 3.63) is 40.6 Å². The van der Waals surface area contributed by atoms with Gasteiger partial charge in [0.05, 0.1) is 35.0 Å². The van der Waals surface area contributed by atoms with E-state index in [0.29, 0.717) is 22.8 Å². The molecule has 1 fully saturated rings. The van der Waals surface area contributed by atoms with Crippen LogP contribution in [0.4, 0.5) is 0 Å². The van der Waals surface area contributed by atoms with E-state index in [1.54, 1.807) is 18.2 Å². The van der Waals surface area contributed by atoms with Crippen LogP contribution < -0.4 is 29.1 Å². The van der Waals surface area contributed by atoms with E-state index in [1.165, 1.54) is 40.6 Å². The lowest BCUT2D eigenvalue weighted by molar-refractivity contribution is -0.242. The number of hydrogen-bond donors (Lipinski definition) is 3. The standard InChI is InChI=1S/C24H26O11/c1-29-12-8-16(32-4)18-17(9-12)34-22(11-5-6-14(30-2)15(7-11)31-3)23(20(18)27)35-24-21(28)19(26)13(25)10-33-24/h5-9,13,19,21,24-26,28H,10H2,1-4H3. The predicted molar refractivity (Wildman–Crippen MR) is 123 cm³/mol. The summed E-state index contributed by atoms with van der Waals surface area (Å²) in [4.78, 5) is 13.7. The summed E-state index contributed by atoms with van der Waals surface area (Å²) in [6.45, 7) is -0.311. The zero-order valence-corrected chi connectivity index (χ0v) is 19.5. The first-order chi connectivity index (χ1) is 16.8. The quantitative estimate of drug-likeness (QED) is 0.441. The molecule has 3 aromatic rings. The molecule has 35 heavy (non-hydrogen) atoms. The molecule has 0 aliphatic carbocycles. The largest absolute Gasteiger partial charge is 0.496 e. The maximum absolute atomic E-state index is 13.7. The minimum atomic E-state index is -1.63. The first-order valence-corrected chi connectivity index (χ1v) is 10.6. The van der Waals surface area contributed by atoms with Crippen LogP contribution in [-0.4, -0.2) is 75.0 Å². The van der Waals surface area contributed by atoms with Crippen LogP contribution in [0.1, 0.15) is 0 Å². The first kappa shape index (κ1) is 24.6. The molecule has 4 unspecified atom stereocenters. The molecule has 2 aromatic carbocycles. The van der Waals surface area contributed by atoms with Gasteiger partial charge in [0.2, 0.25) is 17.5 Å². The van der Waals surface area contributed by atoms with Crippen molar-refractivity contribution in [3.63, 3.8) is 0 Å². The van der Waals surface area contributed by atoms with E-state index in [0.717, 1.165) is 0 Å². The van der Waals surface area contributed by atoms with Crippen LogP contribution in [-0.2, 0) is 4.74 Å². The molecular weight excluding hydrogens is 464 g/mol. The minimum Gasteiger partial charge on any atom is -0.496 e. The summed E-state index contributed by atoms with van der Waals surface area (Å²) in [6.07, 6.45) is -5.94. The molecule has 0 spiro atoms. The lowest BCUT2D eigenvalue weighted by Gasteiger charge is -2.34. The van der Waals surface area contributed by atoms with Gasteiger partial charge in [-0.1, -0.05) is 0 Å². The topological polar surface area (TPSA) is 146 Å². The number of benzene rings is 2. The molecule has 0 radical (unpaired) electrons. The van der Waals surface area contributed by atoms with E-state index in [1.807, 2.05) is 0 Å². The Morgan fingerprint density at radius 3 is 2.23 bits per heavy atom. The number of methoxy groups -OCH3 is 4. The van der Waals surface area contributed by atoms with Gasteiger partial charge in [-0.25, -0.2) is 0 Å². The SMILES string of the molecule is COc1cc(OC)c2c(=O)c(OC3OCC(O)C(O)C3O)c(-c3ccc(OC)c(OC)c3)oc2c1. The van der Waals surface area contributed by atoms with Gasteiger partial charge in [-0.2, -0.15) is 0 Å². The highest BCUT2D eigenvalue weighted by Crippen LogP contribution is 2.40. The van der Waals surface area contributed by atoms with Crippen molar-refractivity contribution in [1.29, 1.82) is 0 Å². The Labute approximate surface area is 199 Å². The van der Waals surface area contributed by atoms with Crippen molar-refractivity contribution in [2.75, 3.05) is 35.0 Å². The molecular formula is C24H26O11. The van der Waals surface area contributed by atoms with E-state index >= 15 is 0 Å². The zero-order valence-electron chi connectivity index (χ0n) is 19.5. The molecule has 11 nitrogen and oxygen atoms in total. The highest BCUT2D eigenvalue weighted by atomic mass is 16.7. The molecule has 0 bridgehead atoms. The lowest BCUT2D eigenvalue weighted by Crippen LogP contribution is -2.55. The molecule has 4 atom stereocenters. The number of aliphatic hydroxyl groups is 3.